The van der Waals surface area contributed by atoms with Crippen LogP contribution in [0.2, 0.25) is 0 Å². The van der Waals surface area contributed by atoms with E-state index in [9.17, 15) is 4.79 Å². The maximum Gasteiger partial charge on any atom is 0.223 e. The first kappa shape index (κ1) is 11.0. The number of hydrogen-bond acceptors (Lipinski definition) is 3. The van der Waals surface area contributed by atoms with E-state index in [1.807, 2.05) is 6.07 Å². The summed E-state index contributed by atoms with van der Waals surface area (Å²) in [4.78, 5) is 13.1. The van der Waals surface area contributed by atoms with Crippen LogP contribution in [0.25, 0.3) is 0 Å². The van der Waals surface area contributed by atoms with Gasteiger partial charge in [-0.25, -0.2) is 0 Å². The minimum Gasteiger partial charge on any atom is -0.345 e. The molecule has 1 rings (SSSR count). The SMILES string of the molecule is CN(CCC#N)C(=O)CCNC1CC1. The minimum atomic E-state index is 0.119. The molecule has 0 heterocycles. The van der Waals surface area contributed by atoms with E-state index in [1.54, 1.807) is 11.9 Å². The number of hydrogen-bond donors (Lipinski definition) is 1. The van der Waals surface area contributed by atoms with Crippen molar-refractivity contribution in [3.8, 4) is 6.07 Å². The van der Waals surface area contributed by atoms with Crippen molar-refractivity contribution in [2.75, 3.05) is 20.1 Å². The fraction of sp³-hybridized carbons (Fsp3) is 0.800. The number of carbonyl (C=O) groups excluding carboxylic acids is 1. The molecule has 14 heavy (non-hydrogen) atoms. The first-order valence-electron chi connectivity index (χ1n) is 5.08. The van der Waals surface area contributed by atoms with Crippen LogP contribution in [0.15, 0.2) is 0 Å². The third-order valence-corrected chi connectivity index (χ3v) is 2.33. The quantitative estimate of drug-likeness (QED) is 0.671. The number of nitrogens with zero attached hydrogens (tertiary/aromatic N) is 2. The summed E-state index contributed by atoms with van der Waals surface area (Å²) in [5, 5.41) is 11.6. The number of nitrogens with one attached hydrogen (secondary N) is 1. The fourth-order valence-corrected chi connectivity index (χ4v) is 1.20. The lowest BCUT2D eigenvalue weighted by Gasteiger charge is -2.15. The van der Waals surface area contributed by atoms with Gasteiger partial charge >= 0.3 is 0 Å². The van der Waals surface area contributed by atoms with Crippen molar-refractivity contribution in [1.82, 2.24) is 10.2 Å². The van der Waals surface area contributed by atoms with Crippen molar-refractivity contribution in [2.45, 2.75) is 31.7 Å². The average Bonchev–Trinajstić information content (AvgIpc) is 2.97. The highest BCUT2D eigenvalue weighted by Crippen LogP contribution is 2.18. The van der Waals surface area contributed by atoms with Gasteiger partial charge < -0.3 is 10.2 Å². The van der Waals surface area contributed by atoms with Crippen LogP contribution in [0.3, 0.4) is 0 Å². The molecule has 0 atom stereocenters. The number of nitriles is 1. The highest BCUT2D eigenvalue weighted by molar-refractivity contribution is 5.76. The summed E-state index contributed by atoms with van der Waals surface area (Å²) in [5.74, 6) is 0.119. The molecular formula is C10H17N3O. The van der Waals surface area contributed by atoms with Gasteiger partial charge in [0.25, 0.3) is 0 Å². The Hall–Kier alpha value is -1.08. The predicted molar refractivity (Wildman–Crippen MR) is 53.5 cm³/mol. The van der Waals surface area contributed by atoms with E-state index < -0.39 is 0 Å². The molecule has 0 aromatic carbocycles. The topological polar surface area (TPSA) is 56.1 Å². The van der Waals surface area contributed by atoms with E-state index in [0.29, 0.717) is 25.4 Å². The molecule has 0 aromatic rings. The Bertz CT molecular complexity index is 230. The van der Waals surface area contributed by atoms with Gasteiger partial charge in [-0.15, -0.1) is 0 Å². The molecule has 1 amide bonds. The van der Waals surface area contributed by atoms with E-state index in [-0.39, 0.29) is 5.91 Å². The Kier molecular flexibility index (Phi) is 4.41. The number of carbonyl (C=O) groups is 1. The van der Waals surface area contributed by atoms with E-state index >= 15 is 0 Å². The summed E-state index contributed by atoms with van der Waals surface area (Å²) in [7, 11) is 1.75. The molecule has 0 aromatic heterocycles. The van der Waals surface area contributed by atoms with Gasteiger partial charge in [-0.3, -0.25) is 4.79 Å². The van der Waals surface area contributed by atoms with E-state index in [1.165, 1.54) is 12.8 Å². The van der Waals surface area contributed by atoms with Gasteiger partial charge in [0.15, 0.2) is 0 Å². The Balaban J connectivity index is 2.03. The molecule has 4 nitrogen and oxygen atoms in total. The molecule has 0 saturated heterocycles. The summed E-state index contributed by atoms with van der Waals surface area (Å²) in [6, 6.07) is 2.69. The molecular weight excluding hydrogens is 178 g/mol. The Morgan fingerprint density at radius 3 is 2.93 bits per heavy atom. The van der Waals surface area contributed by atoms with Crippen LogP contribution in [-0.4, -0.2) is 37.0 Å². The molecule has 0 unspecified atom stereocenters. The Morgan fingerprint density at radius 2 is 2.36 bits per heavy atom. The van der Waals surface area contributed by atoms with Crippen molar-refractivity contribution in [2.24, 2.45) is 0 Å². The molecule has 0 aliphatic heterocycles. The van der Waals surface area contributed by atoms with Crippen molar-refractivity contribution >= 4 is 5.91 Å². The summed E-state index contributed by atoms with van der Waals surface area (Å²) in [5.41, 5.74) is 0. The molecule has 1 fully saturated rings. The minimum absolute atomic E-state index is 0.119. The van der Waals surface area contributed by atoms with Gasteiger partial charge in [-0.05, 0) is 12.8 Å². The van der Waals surface area contributed by atoms with Crippen molar-refractivity contribution in [1.29, 1.82) is 5.26 Å². The predicted octanol–water partition coefficient (Wildman–Crippen LogP) is 0.501. The fourth-order valence-electron chi connectivity index (χ4n) is 1.20. The molecule has 1 aliphatic carbocycles. The maximum absolute atomic E-state index is 11.4. The molecule has 0 spiro atoms. The van der Waals surface area contributed by atoms with Crippen LogP contribution in [0, 0.1) is 11.3 Å². The lowest BCUT2D eigenvalue weighted by Crippen LogP contribution is -2.31. The second-order valence-electron chi connectivity index (χ2n) is 3.70. The van der Waals surface area contributed by atoms with Crippen LogP contribution < -0.4 is 5.32 Å². The van der Waals surface area contributed by atoms with Crippen LogP contribution in [0.1, 0.15) is 25.7 Å². The lowest BCUT2D eigenvalue weighted by molar-refractivity contribution is -0.129. The highest BCUT2D eigenvalue weighted by atomic mass is 16.2. The zero-order valence-corrected chi connectivity index (χ0v) is 8.62. The van der Waals surface area contributed by atoms with Crippen molar-refractivity contribution < 1.29 is 4.79 Å². The van der Waals surface area contributed by atoms with Crippen LogP contribution in [0.5, 0.6) is 0 Å². The van der Waals surface area contributed by atoms with E-state index in [0.717, 1.165) is 6.54 Å². The molecule has 0 radical (unpaired) electrons. The van der Waals surface area contributed by atoms with Gasteiger partial charge in [-0.2, -0.15) is 5.26 Å². The van der Waals surface area contributed by atoms with E-state index in [4.69, 9.17) is 5.26 Å². The first-order valence-corrected chi connectivity index (χ1v) is 5.08. The van der Waals surface area contributed by atoms with Gasteiger partial charge in [0.1, 0.15) is 0 Å². The standard InChI is InChI=1S/C10H17N3O/c1-13(8-2-6-11)10(14)5-7-12-9-3-4-9/h9,12H,2-5,7-8H2,1H3. The normalized spacial score (nSPS) is 14.9. The van der Waals surface area contributed by atoms with Gasteiger partial charge in [0, 0.05) is 32.6 Å². The largest absolute Gasteiger partial charge is 0.345 e. The van der Waals surface area contributed by atoms with Gasteiger partial charge in [0.05, 0.1) is 12.5 Å². The average molecular weight is 195 g/mol. The van der Waals surface area contributed by atoms with Gasteiger partial charge in [0.2, 0.25) is 5.91 Å². The smallest absolute Gasteiger partial charge is 0.223 e. The second kappa shape index (κ2) is 5.61. The van der Waals surface area contributed by atoms with Gasteiger partial charge in [-0.1, -0.05) is 0 Å². The maximum atomic E-state index is 11.4. The summed E-state index contributed by atoms with van der Waals surface area (Å²) >= 11 is 0. The molecule has 0 bridgehead atoms. The van der Waals surface area contributed by atoms with Crippen LogP contribution >= 0.6 is 0 Å². The number of amides is 1. The highest BCUT2D eigenvalue weighted by Gasteiger charge is 2.20. The Morgan fingerprint density at radius 1 is 1.64 bits per heavy atom. The summed E-state index contributed by atoms with van der Waals surface area (Å²) < 4.78 is 0. The second-order valence-corrected chi connectivity index (χ2v) is 3.70. The number of rotatable bonds is 6. The zero-order valence-electron chi connectivity index (χ0n) is 8.62. The monoisotopic (exact) mass is 195 g/mol. The van der Waals surface area contributed by atoms with E-state index in [2.05, 4.69) is 5.32 Å². The molecule has 1 aliphatic rings. The third kappa shape index (κ3) is 4.24. The van der Waals surface area contributed by atoms with Crippen molar-refractivity contribution in [3.63, 3.8) is 0 Å². The van der Waals surface area contributed by atoms with Crippen molar-refractivity contribution in [3.05, 3.63) is 0 Å². The molecule has 1 N–H and O–H groups in total. The first-order chi connectivity index (χ1) is 6.74. The Labute approximate surface area is 84.9 Å². The molecule has 4 heteroatoms. The summed E-state index contributed by atoms with van der Waals surface area (Å²) in [6.07, 6.45) is 3.45. The molecule has 78 valence electrons. The van der Waals surface area contributed by atoms with Crippen LogP contribution in [0.4, 0.5) is 0 Å². The molecule has 1 saturated carbocycles. The third-order valence-electron chi connectivity index (χ3n) is 2.33. The lowest BCUT2D eigenvalue weighted by atomic mass is 10.3. The van der Waals surface area contributed by atoms with Crippen LogP contribution in [-0.2, 0) is 4.79 Å². The summed E-state index contributed by atoms with van der Waals surface area (Å²) in [6.45, 7) is 1.30. The zero-order chi connectivity index (χ0) is 10.4.